The summed E-state index contributed by atoms with van der Waals surface area (Å²) in [7, 11) is 0. The quantitative estimate of drug-likeness (QED) is 0.701. The Bertz CT molecular complexity index is 189. The van der Waals surface area contributed by atoms with E-state index in [1.165, 1.54) is 38.9 Å². The molecular formula is C14H30N2. The second-order valence-corrected chi connectivity index (χ2v) is 6.32. The van der Waals surface area contributed by atoms with E-state index in [0.29, 0.717) is 5.41 Å². The molecule has 1 saturated heterocycles. The van der Waals surface area contributed by atoms with E-state index >= 15 is 0 Å². The van der Waals surface area contributed by atoms with Gasteiger partial charge in [0, 0.05) is 19.6 Å². The van der Waals surface area contributed by atoms with Gasteiger partial charge in [-0.25, -0.2) is 0 Å². The van der Waals surface area contributed by atoms with Gasteiger partial charge in [0.05, 0.1) is 0 Å². The van der Waals surface area contributed by atoms with Crippen LogP contribution in [0.3, 0.4) is 0 Å². The average Bonchev–Trinajstić information content (AvgIpc) is 2.17. The number of rotatable bonds is 6. The molecule has 0 aromatic carbocycles. The first-order chi connectivity index (χ1) is 7.53. The summed E-state index contributed by atoms with van der Waals surface area (Å²) >= 11 is 0. The van der Waals surface area contributed by atoms with Crippen LogP contribution < -0.4 is 5.32 Å². The van der Waals surface area contributed by atoms with Crippen LogP contribution in [0.25, 0.3) is 0 Å². The zero-order valence-corrected chi connectivity index (χ0v) is 11.7. The molecule has 1 aliphatic rings. The molecule has 2 heteroatoms. The molecule has 1 fully saturated rings. The molecule has 0 radical (unpaired) electrons. The Morgan fingerprint density at radius 1 is 1.38 bits per heavy atom. The number of piperidine rings is 1. The summed E-state index contributed by atoms with van der Waals surface area (Å²) < 4.78 is 0. The fourth-order valence-electron chi connectivity index (χ4n) is 2.70. The molecule has 0 bridgehead atoms. The molecule has 1 N–H and O–H groups in total. The van der Waals surface area contributed by atoms with Crippen molar-refractivity contribution in [2.45, 2.75) is 47.0 Å². The second-order valence-electron chi connectivity index (χ2n) is 6.32. The van der Waals surface area contributed by atoms with Crippen LogP contribution in [0.5, 0.6) is 0 Å². The molecule has 0 aromatic rings. The molecule has 0 aromatic heterocycles. The summed E-state index contributed by atoms with van der Waals surface area (Å²) in [6.45, 7) is 15.5. The topological polar surface area (TPSA) is 15.3 Å². The second kappa shape index (κ2) is 6.61. The number of nitrogens with one attached hydrogen (secondary N) is 1. The molecule has 1 aliphatic heterocycles. The summed E-state index contributed by atoms with van der Waals surface area (Å²) in [6, 6.07) is 0. The van der Waals surface area contributed by atoms with Gasteiger partial charge in [0.1, 0.15) is 0 Å². The molecular weight excluding hydrogens is 196 g/mol. The van der Waals surface area contributed by atoms with Gasteiger partial charge in [-0.2, -0.15) is 0 Å². The monoisotopic (exact) mass is 226 g/mol. The Kier molecular flexibility index (Phi) is 5.77. The van der Waals surface area contributed by atoms with Crippen molar-refractivity contribution >= 4 is 0 Å². The predicted molar refractivity (Wildman–Crippen MR) is 71.8 cm³/mol. The molecule has 96 valence electrons. The highest BCUT2D eigenvalue weighted by Crippen LogP contribution is 2.21. The van der Waals surface area contributed by atoms with Crippen LogP contribution in [0.15, 0.2) is 0 Å². The number of hydrogen-bond donors (Lipinski definition) is 1. The van der Waals surface area contributed by atoms with Gasteiger partial charge in [-0.1, -0.05) is 27.7 Å². The molecule has 0 spiro atoms. The van der Waals surface area contributed by atoms with Gasteiger partial charge in [0.2, 0.25) is 0 Å². The third-order valence-electron chi connectivity index (χ3n) is 3.42. The van der Waals surface area contributed by atoms with Crippen LogP contribution in [-0.2, 0) is 0 Å². The maximum absolute atomic E-state index is 3.55. The Labute approximate surface area is 102 Å². The number of likely N-dealkylation sites (tertiary alicyclic amines) is 1. The number of hydrogen-bond acceptors (Lipinski definition) is 2. The van der Waals surface area contributed by atoms with Gasteiger partial charge >= 0.3 is 0 Å². The minimum atomic E-state index is 0.409. The van der Waals surface area contributed by atoms with E-state index in [2.05, 4.69) is 37.9 Å². The van der Waals surface area contributed by atoms with E-state index < -0.39 is 0 Å². The zero-order chi connectivity index (χ0) is 12.0. The van der Waals surface area contributed by atoms with Crippen molar-refractivity contribution in [2.24, 2.45) is 11.3 Å². The molecule has 1 rings (SSSR count). The largest absolute Gasteiger partial charge is 0.316 e. The molecule has 1 heterocycles. The van der Waals surface area contributed by atoms with Crippen molar-refractivity contribution in [3.8, 4) is 0 Å². The van der Waals surface area contributed by atoms with Gasteiger partial charge in [0.15, 0.2) is 0 Å². The van der Waals surface area contributed by atoms with E-state index in [0.717, 1.165) is 19.0 Å². The lowest BCUT2D eigenvalue weighted by Crippen LogP contribution is -2.44. The molecule has 1 unspecified atom stereocenters. The molecule has 16 heavy (non-hydrogen) atoms. The van der Waals surface area contributed by atoms with E-state index in [-0.39, 0.29) is 0 Å². The van der Waals surface area contributed by atoms with Crippen LogP contribution in [0, 0.1) is 11.3 Å². The fraction of sp³-hybridized carbons (Fsp3) is 1.00. The van der Waals surface area contributed by atoms with Crippen molar-refractivity contribution in [1.82, 2.24) is 10.2 Å². The lowest BCUT2D eigenvalue weighted by atomic mass is 9.90. The van der Waals surface area contributed by atoms with Crippen molar-refractivity contribution in [2.75, 3.05) is 32.7 Å². The van der Waals surface area contributed by atoms with Gasteiger partial charge in [-0.3, -0.25) is 0 Å². The minimum absolute atomic E-state index is 0.409. The smallest absolute Gasteiger partial charge is 0.00449 e. The third-order valence-corrected chi connectivity index (χ3v) is 3.42. The van der Waals surface area contributed by atoms with Gasteiger partial charge in [-0.15, -0.1) is 0 Å². The lowest BCUT2D eigenvalue weighted by molar-refractivity contribution is 0.125. The summed E-state index contributed by atoms with van der Waals surface area (Å²) in [5.74, 6) is 0.896. The van der Waals surface area contributed by atoms with Gasteiger partial charge < -0.3 is 10.2 Å². The average molecular weight is 226 g/mol. The fourth-order valence-corrected chi connectivity index (χ4v) is 2.70. The standard InChI is InChI=1S/C14H30N2/c1-5-8-15-11-14(3,4)12-16-9-6-7-13(2)10-16/h13,15H,5-12H2,1-4H3. The van der Waals surface area contributed by atoms with Crippen LogP contribution in [0.2, 0.25) is 0 Å². The first kappa shape index (κ1) is 14.0. The third kappa shape index (κ3) is 5.31. The van der Waals surface area contributed by atoms with Crippen LogP contribution in [0.4, 0.5) is 0 Å². The maximum Gasteiger partial charge on any atom is 0.00449 e. The summed E-state index contributed by atoms with van der Waals surface area (Å²) in [6.07, 6.45) is 4.04. The van der Waals surface area contributed by atoms with Crippen molar-refractivity contribution in [3.05, 3.63) is 0 Å². The van der Waals surface area contributed by atoms with Crippen molar-refractivity contribution in [1.29, 1.82) is 0 Å². The molecule has 2 nitrogen and oxygen atoms in total. The summed E-state index contributed by atoms with van der Waals surface area (Å²) in [5.41, 5.74) is 0.409. The Morgan fingerprint density at radius 3 is 2.75 bits per heavy atom. The first-order valence-electron chi connectivity index (χ1n) is 6.96. The minimum Gasteiger partial charge on any atom is -0.316 e. The van der Waals surface area contributed by atoms with Crippen molar-refractivity contribution < 1.29 is 0 Å². The highest BCUT2D eigenvalue weighted by Gasteiger charge is 2.24. The molecule has 0 saturated carbocycles. The number of nitrogens with zero attached hydrogens (tertiary/aromatic N) is 1. The lowest BCUT2D eigenvalue weighted by Gasteiger charge is -2.37. The van der Waals surface area contributed by atoms with E-state index in [1.807, 2.05) is 0 Å². The Balaban J connectivity index is 2.27. The molecule has 0 aliphatic carbocycles. The summed E-state index contributed by atoms with van der Waals surface area (Å²) in [5, 5.41) is 3.55. The van der Waals surface area contributed by atoms with Crippen LogP contribution in [0.1, 0.15) is 47.0 Å². The van der Waals surface area contributed by atoms with Crippen LogP contribution in [-0.4, -0.2) is 37.6 Å². The van der Waals surface area contributed by atoms with Crippen LogP contribution >= 0.6 is 0 Å². The Morgan fingerprint density at radius 2 is 2.12 bits per heavy atom. The van der Waals surface area contributed by atoms with Crippen molar-refractivity contribution in [3.63, 3.8) is 0 Å². The summed E-state index contributed by atoms with van der Waals surface area (Å²) in [4.78, 5) is 2.65. The van der Waals surface area contributed by atoms with Gasteiger partial charge in [0.25, 0.3) is 0 Å². The Hall–Kier alpha value is -0.0800. The molecule has 0 amide bonds. The zero-order valence-electron chi connectivity index (χ0n) is 11.7. The predicted octanol–water partition coefficient (Wildman–Crippen LogP) is 2.74. The molecule has 1 atom stereocenters. The van der Waals surface area contributed by atoms with E-state index in [4.69, 9.17) is 0 Å². The SMILES string of the molecule is CCCNCC(C)(C)CN1CCCC(C)C1. The highest BCUT2D eigenvalue weighted by molar-refractivity contribution is 4.79. The van der Waals surface area contributed by atoms with E-state index in [9.17, 15) is 0 Å². The maximum atomic E-state index is 3.55. The first-order valence-corrected chi connectivity index (χ1v) is 6.96. The highest BCUT2D eigenvalue weighted by atomic mass is 15.1. The van der Waals surface area contributed by atoms with Gasteiger partial charge in [-0.05, 0) is 43.7 Å². The normalized spacial score (nSPS) is 23.6. The van der Waals surface area contributed by atoms with E-state index in [1.54, 1.807) is 0 Å².